The van der Waals surface area contributed by atoms with Crippen LogP contribution < -0.4 is 5.32 Å². The molecule has 3 rings (SSSR count). The molecule has 1 aromatic carbocycles. The van der Waals surface area contributed by atoms with Crippen molar-refractivity contribution in [1.29, 1.82) is 0 Å². The molecule has 18 heavy (non-hydrogen) atoms. The molecule has 1 N–H and O–H groups in total. The second-order valence-electron chi connectivity index (χ2n) is 4.84. The third-order valence-corrected chi connectivity index (χ3v) is 3.84. The van der Waals surface area contributed by atoms with Gasteiger partial charge in [-0.3, -0.25) is 0 Å². The van der Waals surface area contributed by atoms with E-state index in [4.69, 9.17) is 16.0 Å². The van der Waals surface area contributed by atoms with E-state index in [0.29, 0.717) is 6.04 Å². The van der Waals surface area contributed by atoms with Crippen molar-refractivity contribution in [2.75, 3.05) is 0 Å². The second kappa shape index (κ2) is 4.79. The minimum absolute atomic E-state index is 0.228. The van der Waals surface area contributed by atoms with Gasteiger partial charge < -0.3 is 9.73 Å². The Morgan fingerprint density at radius 1 is 1.39 bits per heavy atom. The number of hydrogen-bond acceptors (Lipinski definition) is 2. The maximum atomic E-state index is 6.02. The van der Waals surface area contributed by atoms with Gasteiger partial charge in [0, 0.05) is 11.1 Å². The lowest BCUT2D eigenvalue weighted by Gasteiger charge is -2.18. The summed E-state index contributed by atoms with van der Waals surface area (Å²) in [5, 5.41) is 4.45. The summed E-state index contributed by atoms with van der Waals surface area (Å²) >= 11 is 6.02. The third kappa shape index (κ3) is 2.18. The van der Waals surface area contributed by atoms with E-state index in [2.05, 4.69) is 24.4 Å². The van der Waals surface area contributed by atoms with Crippen LogP contribution in [-0.4, -0.2) is 0 Å². The molecule has 2 nitrogen and oxygen atoms in total. The summed E-state index contributed by atoms with van der Waals surface area (Å²) in [4.78, 5) is 0. The van der Waals surface area contributed by atoms with Crippen LogP contribution in [0, 0.1) is 0 Å². The molecule has 1 aliphatic rings. The highest BCUT2D eigenvalue weighted by atomic mass is 35.5. The molecule has 3 heteroatoms. The number of fused-ring (bicyclic) bond motifs is 1. The highest BCUT2D eigenvalue weighted by Crippen LogP contribution is 2.34. The molecule has 0 aliphatic heterocycles. The lowest BCUT2D eigenvalue weighted by Crippen LogP contribution is -2.22. The monoisotopic (exact) mass is 261 g/mol. The molecule has 94 valence electrons. The van der Waals surface area contributed by atoms with E-state index in [1.54, 1.807) is 6.26 Å². The third-order valence-electron chi connectivity index (χ3n) is 3.60. The molecule has 2 unspecified atom stereocenters. The molecular weight excluding hydrogens is 246 g/mol. The molecule has 0 bridgehead atoms. The van der Waals surface area contributed by atoms with E-state index in [0.717, 1.165) is 23.6 Å². The van der Waals surface area contributed by atoms with Crippen LogP contribution in [0.3, 0.4) is 0 Å². The molecule has 2 aromatic rings. The van der Waals surface area contributed by atoms with Gasteiger partial charge in [0.1, 0.15) is 5.76 Å². The van der Waals surface area contributed by atoms with Crippen LogP contribution in [0.1, 0.15) is 42.3 Å². The predicted octanol–water partition coefficient (Wildman–Crippen LogP) is 4.27. The maximum Gasteiger partial charge on any atom is 0.120 e. The Labute approximate surface area is 112 Å². The number of rotatable bonds is 3. The molecule has 1 aromatic heterocycles. The lowest BCUT2D eigenvalue weighted by atomic mass is 10.1. The fourth-order valence-corrected chi connectivity index (χ4v) is 2.88. The van der Waals surface area contributed by atoms with Gasteiger partial charge in [-0.15, -0.1) is 0 Å². The molecule has 1 heterocycles. The van der Waals surface area contributed by atoms with E-state index in [1.807, 2.05) is 18.2 Å². The number of furan rings is 1. The van der Waals surface area contributed by atoms with Gasteiger partial charge in [0.25, 0.3) is 0 Å². The summed E-state index contributed by atoms with van der Waals surface area (Å²) < 4.78 is 5.43. The van der Waals surface area contributed by atoms with Gasteiger partial charge in [0.05, 0.1) is 12.3 Å². The molecule has 0 saturated heterocycles. The molecule has 0 fully saturated rings. The first kappa shape index (κ1) is 11.8. The average molecular weight is 262 g/mol. The summed E-state index contributed by atoms with van der Waals surface area (Å²) in [7, 11) is 0. The topological polar surface area (TPSA) is 25.2 Å². The van der Waals surface area contributed by atoms with Crippen molar-refractivity contribution < 1.29 is 4.42 Å². The Morgan fingerprint density at radius 2 is 2.28 bits per heavy atom. The minimum Gasteiger partial charge on any atom is -0.468 e. The number of benzene rings is 1. The molecule has 1 aliphatic carbocycles. The van der Waals surface area contributed by atoms with Crippen LogP contribution in [0.5, 0.6) is 0 Å². The Hall–Kier alpha value is -1.25. The van der Waals surface area contributed by atoms with Crippen molar-refractivity contribution in [3.05, 3.63) is 58.5 Å². The zero-order valence-electron chi connectivity index (χ0n) is 10.3. The molecule has 0 radical (unpaired) electrons. The van der Waals surface area contributed by atoms with Crippen molar-refractivity contribution in [3.8, 4) is 0 Å². The number of hydrogen-bond donors (Lipinski definition) is 1. The van der Waals surface area contributed by atoms with E-state index in [9.17, 15) is 0 Å². The normalized spacial score (nSPS) is 19.8. The maximum absolute atomic E-state index is 6.02. The van der Waals surface area contributed by atoms with Gasteiger partial charge in [0.2, 0.25) is 0 Å². The summed E-state index contributed by atoms with van der Waals surface area (Å²) in [6, 6.07) is 10.8. The van der Waals surface area contributed by atoms with E-state index in [-0.39, 0.29) is 6.04 Å². The molecule has 0 saturated carbocycles. The largest absolute Gasteiger partial charge is 0.468 e. The van der Waals surface area contributed by atoms with E-state index >= 15 is 0 Å². The Morgan fingerprint density at radius 3 is 3.06 bits per heavy atom. The first-order chi connectivity index (χ1) is 8.74. The minimum atomic E-state index is 0.228. The van der Waals surface area contributed by atoms with E-state index in [1.165, 1.54) is 11.1 Å². The average Bonchev–Trinajstić information content (AvgIpc) is 2.98. The summed E-state index contributed by atoms with van der Waals surface area (Å²) in [5.74, 6) is 0.984. The van der Waals surface area contributed by atoms with Crippen molar-refractivity contribution in [2.24, 2.45) is 0 Å². The van der Waals surface area contributed by atoms with Crippen LogP contribution in [0.4, 0.5) is 0 Å². The summed E-state index contributed by atoms with van der Waals surface area (Å²) in [6.07, 6.45) is 3.94. The second-order valence-corrected chi connectivity index (χ2v) is 5.27. The zero-order chi connectivity index (χ0) is 12.5. The van der Waals surface area contributed by atoms with Gasteiger partial charge in [-0.05, 0) is 55.2 Å². The highest BCUT2D eigenvalue weighted by Gasteiger charge is 2.24. The van der Waals surface area contributed by atoms with Crippen LogP contribution in [0.15, 0.2) is 41.0 Å². The fraction of sp³-hybridized carbons (Fsp3) is 0.333. The first-order valence-corrected chi connectivity index (χ1v) is 6.69. The molecule has 2 atom stereocenters. The lowest BCUT2D eigenvalue weighted by molar-refractivity contribution is 0.391. The van der Waals surface area contributed by atoms with Crippen molar-refractivity contribution >= 4 is 11.6 Å². The number of halogens is 1. The fourth-order valence-electron chi connectivity index (χ4n) is 2.68. The smallest absolute Gasteiger partial charge is 0.120 e. The molecule has 0 spiro atoms. The highest BCUT2D eigenvalue weighted by molar-refractivity contribution is 6.30. The predicted molar refractivity (Wildman–Crippen MR) is 72.8 cm³/mol. The Bertz CT molecular complexity index is 535. The van der Waals surface area contributed by atoms with Gasteiger partial charge in [0.15, 0.2) is 0 Å². The molecular formula is C15H16ClNO. The van der Waals surface area contributed by atoms with Gasteiger partial charge in [-0.25, -0.2) is 0 Å². The quantitative estimate of drug-likeness (QED) is 0.893. The zero-order valence-corrected chi connectivity index (χ0v) is 11.1. The van der Waals surface area contributed by atoms with Crippen LogP contribution >= 0.6 is 11.6 Å². The number of nitrogens with one attached hydrogen (secondary N) is 1. The Kier molecular flexibility index (Phi) is 3.14. The summed E-state index contributed by atoms with van der Waals surface area (Å²) in [6.45, 7) is 2.13. The van der Waals surface area contributed by atoms with Crippen molar-refractivity contribution in [2.45, 2.75) is 31.8 Å². The van der Waals surface area contributed by atoms with Crippen LogP contribution in [0.25, 0.3) is 0 Å². The Balaban J connectivity index is 1.77. The van der Waals surface area contributed by atoms with Gasteiger partial charge in [-0.1, -0.05) is 17.7 Å². The first-order valence-electron chi connectivity index (χ1n) is 6.32. The van der Waals surface area contributed by atoms with E-state index < -0.39 is 0 Å². The van der Waals surface area contributed by atoms with Crippen LogP contribution in [0.2, 0.25) is 5.02 Å². The van der Waals surface area contributed by atoms with Crippen LogP contribution in [-0.2, 0) is 6.42 Å². The van der Waals surface area contributed by atoms with Gasteiger partial charge >= 0.3 is 0 Å². The standard InChI is InChI=1S/C15H16ClNO/c1-10(15-3-2-8-18-15)17-14-7-4-11-9-12(16)5-6-13(11)14/h2-3,5-6,8-10,14,17H,4,7H2,1H3. The summed E-state index contributed by atoms with van der Waals surface area (Å²) in [5.41, 5.74) is 2.74. The van der Waals surface area contributed by atoms with Gasteiger partial charge in [-0.2, -0.15) is 0 Å². The SMILES string of the molecule is CC(NC1CCc2cc(Cl)ccc21)c1ccco1. The van der Waals surface area contributed by atoms with Crippen molar-refractivity contribution in [3.63, 3.8) is 0 Å². The number of aryl methyl sites for hydroxylation is 1. The van der Waals surface area contributed by atoms with Crippen molar-refractivity contribution in [1.82, 2.24) is 5.32 Å². The molecule has 0 amide bonds.